The molecular formula is C20H16ClNO6. The minimum Gasteiger partial charge on any atom is -0.465 e. The van der Waals surface area contributed by atoms with Crippen LogP contribution in [0, 0.1) is 10.1 Å². The van der Waals surface area contributed by atoms with Crippen molar-refractivity contribution >= 4 is 23.4 Å². The number of hydrogen-bond acceptors (Lipinski definition) is 6. The minimum atomic E-state index is -2.31. The van der Waals surface area contributed by atoms with Crippen LogP contribution in [-0.4, -0.2) is 28.9 Å². The van der Waals surface area contributed by atoms with Crippen LogP contribution in [0.2, 0.25) is 5.02 Å². The van der Waals surface area contributed by atoms with Gasteiger partial charge in [0.2, 0.25) is 5.78 Å². The maximum Gasteiger partial charge on any atom is 0.360 e. The highest BCUT2D eigenvalue weighted by Crippen LogP contribution is 2.47. The summed E-state index contributed by atoms with van der Waals surface area (Å²) < 4.78 is 10.9. The summed E-state index contributed by atoms with van der Waals surface area (Å²) in [5.74, 6) is -3.09. The van der Waals surface area contributed by atoms with Crippen LogP contribution >= 0.6 is 11.6 Å². The number of fused-ring (bicyclic) bond motifs is 1. The topological polar surface area (TPSA) is 95.7 Å². The lowest BCUT2D eigenvalue weighted by atomic mass is 9.76. The van der Waals surface area contributed by atoms with Crippen molar-refractivity contribution in [1.82, 2.24) is 0 Å². The summed E-state index contributed by atoms with van der Waals surface area (Å²) in [6.07, 6.45) is 0. The average molecular weight is 402 g/mol. The number of rotatable bonds is 6. The predicted molar refractivity (Wildman–Crippen MR) is 101 cm³/mol. The van der Waals surface area contributed by atoms with Crippen molar-refractivity contribution in [1.29, 1.82) is 0 Å². The molecule has 2 aromatic rings. The molecule has 0 amide bonds. The van der Waals surface area contributed by atoms with Gasteiger partial charge in [0.15, 0.2) is 0 Å². The summed E-state index contributed by atoms with van der Waals surface area (Å²) in [4.78, 5) is 37.3. The van der Waals surface area contributed by atoms with Gasteiger partial charge in [-0.15, -0.1) is 0 Å². The molecule has 144 valence electrons. The van der Waals surface area contributed by atoms with Crippen molar-refractivity contribution in [3.8, 4) is 5.75 Å². The zero-order valence-corrected chi connectivity index (χ0v) is 15.6. The summed E-state index contributed by atoms with van der Waals surface area (Å²) in [5.41, 5.74) is -2.50. The quantitative estimate of drug-likeness (QED) is 0.316. The molecule has 3 rings (SSSR count). The van der Waals surface area contributed by atoms with Crippen LogP contribution < -0.4 is 4.74 Å². The molecule has 1 heterocycles. The first-order valence-corrected chi connectivity index (χ1v) is 8.79. The van der Waals surface area contributed by atoms with Crippen molar-refractivity contribution in [2.24, 2.45) is 0 Å². The molecule has 1 aliphatic rings. The van der Waals surface area contributed by atoms with Gasteiger partial charge in [-0.05, 0) is 37.3 Å². The van der Waals surface area contributed by atoms with Crippen LogP contribution in [0.5, 0.6) is 5.75 Å². The normalized spacial score (nSPS) is 18.7. The lowest BCUT2D eigenvalue weighted by Gasteiger charge is -2.31. The summed E-state index contributed by atoms with van der Waals surface area (Å²) in [5, 5.41) is 11.9. The highest BCUT2D eigenvalue weighted by Gasteiger charge is 2.64. The Labute approximate surface area is 165 Å². The van der Waals surface area contributed by atoms with Crippen LogP contribution in [0.3, 0.4) is 0 Å². The summed E-state index contributed by atoms with van der Waals surface area (Å²) in [6.45, 7) is 5.04. The molecule has 0 radical (unpaired) electrons. The molecule has 0 aliphatic carbocycles. The number of nitro groups is 1. The first-order valence-electron chi connectivity index (χ1n) is 8.41. The van der Waals surface area contributed by atoms with Gasteiger partial charge in [-0.2, -0.15) is 0 Å². The second kappa shape index (κ2) is 7.44. The van der Waals surface area contributed by atoms with Gasteiger partial charge in [0.1, 0.15) is 11.7 Å². The maximum absolute atomic E-state index is 13.4. The zero-order valence-electron chi connectivity index (χ0n) is 14.9. The molecule has 0 bridgehead atoms. The lowest BCUT2D eigenvalue weighted by Crippen LogP contribution is -2.55. The largest absolute Gasteiger partial charge is 0.465 e. The number of carbonyl (C=O) groups is 2. The molecule has 0 N–H and O–H groups in total. The maximum atomic E-state index is 13.4. The molecule has 1 aliphatic heterocycles. The Balaban J connectivity index is 2.27. The van der Waals surface area contributed by atoms with Gasteiger partial charge in [-0.3, -0.25) is 14.9 Å². The molecule has 0 aromatic heterocycles. The van der Waals surface area contributed by atoms with E-state index in [1.165, 1.54) is 18.2 Å². The number of halogens is 1. The SMILES string of the molecule is C=C([C@H](c1ccccc1)[C@@]1(C(=O)OCC)Oc2ccc(Cl)cc2C1=O)[N+](=O)[O-]. The fourth-order valence-corrected chi connectivity index (χ4v) is 3.45. The molecule has 8 heteroatoms. The highest BCUT2D eigenvalue weighted by molar-refractivity contribution is 6.31. The van der Waals surface area contributed by atoms with Crippen LogP contribution in [0.15, 0.2) is 60.8 Å². The second-order valence-corrected chi connectivity index (χ2v) is 6.56. The standard InChI is InChI=1S/C20H16ClNO6/c1-3-27-19(24)20(18(23)15-11-14(21)9-10-16(15)28-20)17(12(2)22(25)26)13-7-5-4-6-8-13/h4-11,17H,2-3H2,1H3/t17-,20-/m1/s1. The van der Waals surface area contributed by atoms with Gasteiger partial charge in [0.05, 0.1) is 17.1 Å². The van der Waals surface area contributed by atoms with Crippen molar-refractivity contribution in [2.75, 3.05) is 6.61 Å². The Bertz CT molecular complexity index is 974. The van der Waals surface area contributed by atoms with Gasteiger partial charge >= 0.3 is 5.97 Å². The molecule has 2 aromatic carbocycles. The fraction of sp³-hybridized carbons (Fsp3) is 0.200. The zero-order chi connectivity index (χ0) is 20.5. The fourth-order valence-electron chi connectivity index (χ4n) is 3.28. The smallest absolute Gasteiger partial charge is 0.360 e. The summed E-state index contributed by atoms with van der Waals surface area (Å²) in [6, 6.07) is 12.4. The van der Waals surface area contributed by atoms with E-state index in [0.29, 0.717) is 5.56 Å². The monoisotopic (exact) mass is 401 g/mol. The highest BCUT2D eigenvalue weighted by atomic mass is 35.5. The third kappa shape index (κ3) is 3.03. The number of esters is 1. The molecule has 0 saturated heterocycles. The van der Waals surface area contributed by atoms with Gasteiger partial charge in [-0.25, -0.2) is 4.79 Å². The lowest BCUT2D eigenvalue weighted by molar-refractivity contribution is -0.431. The van der Waals surface area contributed by atoms with Gasteiger partial charge in [0, 0.05) is 5.02 Å². The molecule has 0 saturated carbocycles. The van der Waals surface area contributed by atoms with E-state index in [1.807, 2.05) is 0 Å². The first kappa shape index (κ1) is 19.6. The van der Waals surface area contributed by atoms with E-state index >= 15 is 0 Å². The minimum absolute atomic E-state index is 0.0409. The number of carbonyl (C=O) groups excluding carboxylic acids is 2. The second-order valence-electron chi connectivity index (χ2n) is 6.12. The van der Waals surface area contributed by atoms with E-state index in [9.17, 15) is 19.7 Å². The van der Waals surface area contributed by atoms with Gasteiger partial charge in [0.25, 0.3) is 11.3 Å². The van der Waals surface area contributed by atoms with E-state index in [1.54, 1.807) is 37.3 Å². The Morgan fingerprint density at radius 3 is 2.61 bits per heavy atom. The van der Waals surface area contributed by atoms with Crippen LogP contribution in [0.1, 0.15) is 28.8 Å². The Kier molecular flexibility index (Phi) is 5.20. The van der Waals surface area contributed by atoms with E-state index in [4.69, 9.17) is 21.1 Å². The van der Waals surface area contributed by atoms with E-state index in [-0.39, 0.29) is 22.9 Å². The predicted octanol–water partition coefficient (Wildman–Crippen LogP) is 3.79. The van der Waals surface area contributed by atoms with Gasteiger partial charge < -0.3 is 9.47 Å². The Morgan fingerprint density at radius 1 is 1.32 bits per heavy atom. The molecule has 28 heavy (non-hydrogen) atoms. The molecule has 2 atom stereocenters. The number of ketones is 1. The van der Waals surface area contributed by atoms with Crippen LogP contribution in [-0.2, 0) is 9.53 Å². The molecular weight excluding hydrogens is 386 g/mol. The summed E-state index contributed by atoms with van der Waals surface area (Å²) >= 11 is 5.98. The third-order valence-electron chi connectivity index (χ3n) is 4.48. The third-order valence-corrected chi connectivity index (χ3v) is 4.72. The number of nitrogens with zero attached hydrogens (tertiary/aromatic N) is 1. The van der Waals surface area contributed by atoms with Crippen molar-refractivity contribution in [2.45, 2.75) is 18.4 Å². The Hall–Kier alpha value is -3.19. The van der Waals surface area contributed by atoms with E-state index in [2.05, 4.69) is 6.58 Å². The molecule has 7 nitrogen and oxygen atoms in total. The molecule has 0 fully saturated rings. The van der Waals surface area contributed by atoms with Crippen LogP contribution in [0.25, 0.3) is 0 Å². The number of ether oxygens (including phenoxy) is 2. The van der Waals surface area contributed by atoms with Crippen LogP contribution in [0.4, 0.5) is 0 Å². The summed E-state index contributed by atoms with van der Waals surface area (Å²) in [7, 11) is 0. The number of benzene rings is 2. The average Bonchev–Trinajstić information content (AvgIpc) is 2.96. The van der Waals surface area contributed by atoms with E-state index < -0.39 is 33.9 Å². The van der Waals surface area contributed by atoms with Crippen molar-refractivity contribution in [3.63, 3.8) is 0 Å². The van der Waals surface area contributed by atoms with Gasteiger partial charge in [-0.1, -0.05) is 41.9 Å². The molecule has 0 unspecified atom stereocenters. The van der Waals surface area contributed by atoms with Crippen molar-refractivity contribution < 1.29 is 24.0 Å². The van der Waals surface area contributed by atoms with Crippen molar-refractivity contribution in [3.05, 3.63) is 87.1 Å². The Morgan fingerprint density at radius 2 is 2.00 bits per heavy atom. The van der Waals surface area contributed by atoms with E-state index in [0.717, 1.165) is 0 Å². The first-order chi connectivity index (χ1) is 13.3. The number of hydrogen-bond donors (Lipinski definition) is 0. The number of Topliss-reactive ketones (excluding diaryl/α,β-unsaturated/α-hetero) is 1. The molecule has 0 spiro atoms.